The molecule has 114 valence electrons. The van der Waals surface area contributed by atoms with Gasteiger partial charge in [0, 0.05) is 5.54 Å². The molecule has 1 atom stereocenters. The van der Waals surface area contributed by atoms with E-state index >= 15 is 0 Å². The molecule has 5 nitrogen and oxygen atoms in total. The Morgan fingerprint density at radius 2 is 2.05 bits per heavy atom. The minimum Gasteiger partial charge on any atom is -0.445 e. The Labute approximate surface area is 127 Å². The number of hydrogen-bond acceptors (Lipinski definition) is 4. The summed E-state index contributed by atoms with van der Waals surface area (Å²) < 4.78 is 7.84. The molecule has 0 saturated carbocycles. The molecule has 0 aliphatic rings. The lowest BCUT2D eigenvalue weighted by Gasteiger charge is -2.22. The van der Waals surface area contributed by atoms with E-state index in [1.807, 2.05) is 45.0 Å². The van der Waals surface area contributed by atoms with Gasteiger partial charge in [-0.05, 0) is 39.8 Å². The van der Waals surface area contributed by atoms with Crippen molar-refractivity contribution in [2.24, 2.45) is 0 Å². The van der Waals surface area contributed by atoms with Crippen LogP contribution in [0.25, 0.3) is 10.1 Å². The van der Waals surface area contributed by atoms with Crippen molar-refractivity contribution in [3.63, 3.8) is 0 Å². The minimum absolute atomic E-state index is 0.0396. The van der Waals surface area contributed by atoms with E-state index in [4.69, 9.17) is 4.74 Å². The molecule has 0 spiro atoms. The van der Waals surface area contributed by atoms with Crippen LogP contribution < -0.4 is 10.9 Å². The SMILES string of the molecule is CC(Cn1sc2ccccc2c1=O)OC(=O)NC(C)(C)C. The Balaban J connectivity index is 2.05. The van der Waals surface area contributed by atoms with Crippen LogP contribution in [0.4, 0.5) is 4.79 Å². The topological polar surface area (TPSA) is 60.3 Å². The fourth-order valence-corrected chi connectivity index (χ4v) is 3.02. The van der Waals surface area contributed by atoms with Gasteiger partial charge < -0.3 is 10.1 Å². The second-order valence-corrected chi connectivity index (χ2v) is 7.11. The van der Waals surface area contributed by atoms with Crippen LogP contribution in [-0.2, 0) is 11.3 Å². The number of nitrogens with zero attached hydrogens (tertiary/aromatic N) is 1. The van der Waals surface area contributed by atoms with E-state index < -0.39 is 6.09 Å². The number of nitrogens with one attached hydrogen (secondary N) is 1. The fraction of sp³-hybridized carbons (Fsp3) is 0.467. The normalized spacial score (nSPS) is 13.1. The first kappa shape index (κ1) is 15.6. The molecule has 2 rings (SSSR count). The molecule has 0 saturated heterocycles. The van der Waals surface area contributed by atoms with Gasteiger partial charge in [0.05, 0.1) is 16.6 Å². The fourth-order valence-electron chi connectivity index (χ4n) is 1.93. The lowest BCUT2D eigenvalue weighted by atomic mass is 10.1. The third-order valence-corrected chi connectivity index (χ3v) is 3.85. The maximum atomic E-state index is 12.2. The zero-order valence-corrected chi connectivity index (χ0v) is 13.5. The summed E-state index contributed by atoms with van der Waals surface area (Å²) in [5, 5.41) is 3.43. The maximum absolute atomic E-state index is 12.2. The number of carbonyl (C=O) groups is 1. The zero-order chi connectivity index (χ0) is 15.6. The first-order chi connectivity index (χ1) is 9.76. The molecule has 1 amide bonds. The standard InChI is InChI=1S/C15H20N2O3S/c1-10(20-14(19)16-15(2,3)4)9-17-13(18)11-7-5-6-8-12(11)21-17/h5-8,10H,9H2,1-4H3,(H,16,19). The van der Waals surface area contributed by atoms with Crippen molar-refractivity contribution in [3.05, 3.63) is 34.6 Å². The average molecular weight is 308 g/mol. The van der Waals surface area contributed by atoms with E-state index in [9.17, 15) is 9.59 Å². The Kier molecular flexibility index (Phi) is 4.37. The maximum Gasteiger partial charge on any atom is 0.407 e. The highest BCUT2D eigenvalue weighted by Gasteiger charge is 2.18. The van der Waals surface area contributed by atoms with Gasteiger partial charge in [-0.15, -0.1) is 0 Å². The Morgan fingerprint density at radius 3 is 2.67 bits per heavy atom. The van der Waals surface area contributed by atoms with Gasteiger partial charge in [-0.25, -0.2) is 4.79 Å². The third kappa shape index (κ3) is 4.07. The van der Waals surface area contributed by atoms with E-state index in [-0.39, 0.29) is 17.2 Å². The molecule has 21 heavy (non-hydrogen) atoms. The van der Waals surface area contributed by atoms with Crippen molar-refractivity contribution in [2.45, 2.75) is 45.9 Å². The van der Waals surface area contributed by atoms with E-state index in [0.717, 1.165) is 4.70 Å². The van der Waals surface area contributed by atoms with Crippen LogP contribution in [0.1, 0.15) is 27.7 Å². The number of fused-ring (bicyclic) bond motifs is 1. The van der Waals surface area contributed by atoms with Gasteiger partial charge in [0.1, 0.15) is 6.10 Å². The van der Waals surface area contributed by atoms with Crippen LogP contribution in [-0.4, -0.2) is 21.7 Å². The smallest absolute Gasteiger partial charge is 0.407 e. The molecular formula is C15H20N2O3S. The van der Waals surface area contributed by atoms with E-state index in [1.54, 1.807) is 10.9 Å². The molecular weight excluding hydrogens is 288 g/mol. The lowest BCUT2D eigenvalue weighted by molar-refractivity contribution is 0.0923. The summed E-state index contributed by atoms with van der Waals surface area (Å²) in [7, 11) is 0. The summed E-state index contributed by atoms with van der Waals surface area (Å²) in [6.45, 7) is 7.79. The molecule has 0 bridgehead atoms. The number of benzene rings is 1. The average Bonchev–Trinajstić information content (AvgIpc) is 2.64. The summed E-state index contributed by atoms with van der Waals surface area (Å²) in [6.07, 6.45) is -0.845. The van der Waals surface area contributed by atoms with Crippen LogP contribution in [0.2, 0.25) is 0 Å². The molecule has 0 radical (unpaired) electrons. The third-order valence-electron chi connectivity index (χ3n) is 2.76. The second kappa shape index (κ2) is 5.89. The first-order valence-corrected chi connectivity index (χ1v) is 7.61. The Hall–Kier alpha value is -1.82. The first-order valence-electron chi connectivity index (χ1n) is 6.84. The molecule has 1 heterocycles. The van der Waals surface area contributed by atoms with Crippen LogP contribution in [0.5, 0.6) is 0 Å². The van der Waals surface area contributed by atoms with Crippen molar-refractivity contribution in [2.75, 3.05) is 0 Å². The number of hydrogen-bond donors (Lipinski definition) is 1. The van der Waals surface area contributed by atoms with Crippen molar-refractivity contribution in [1.29, 1.82) is 0 Å². The second-order valence-electron chi connectivity index (χ2n) is 6.04. The Bertz CT molecular complexity index is 697. The molecule has 6 heteroatoms. The number of ether oxygens (including phenoxy) is 1. The largest absolute Gasteiger partial charge is 0.445 e. The van der Waals surface area contributed by atoms with Crippen LogP contribution in [0, 0.1) is 0 Å². The van der Waals surface area contributed by atoms with Gasteiger partial charge in [0.25, 0.3) is 5.56 Å². The summed E-state index contributed by atoms with van der Waals surface area (Å²) in [5.74, 6) is 0. The molecule has 1 aromatic carbocycles. The van der Waals surface area contributed by atoms with E-state index in [1.165, 1.54) is 11.5 Å². The van der Waals surface area contributed by atoms with Gasteiger partial charge >= 0.3 is 6.09 Å². The highest BCUT2D eigenvalue weighted by Crippen LogP contribution is 2.16. The monoisotopic (exact) mass is 308 g/mol. The van der Waals surface area contributed by atoms with Gasteiger partial charge in [0.2, 0.25) is 0 Å². The van der Waals surface area contributed by atoms with E-state index in [0.29, 0.717) is 11.9 Å². The minimum atomic E-state index is -0.468. The van der Waals surface area contributed by atoms with Crippen molar-refractivity contribution < 1.29 is 9.53 Å². The van der Waals surface area contributed by atoms with Crippen molar-refractivity contribution in [3.8, 4) is 0 Å². The Morgan fingerprint density at radius 1 is 1.38 bits per heavy atom. The molecule has 0 fully saturated rings. The summed E-state index contributed by atoms with van der Waals surface area (Å²) in [4.78, 5) is 23.9. The predicted molar refractivity (Wildman–Crippen MR) is 84.9 cm³/mol. The molecule has 1 aromatic heterocycles. The summed E-state index contributed by atoms with van der Waals surface area (Å²) >= 11 is 1.38. The molecule has 1 N–H and O–H groups in total. The predicted octanol–water partition coefficient (Wildman–Crippen LogP) is 2.98. The number of rotatable bonds is 3. The summed E-state index contributed by atoms with van der Waals surface area (Å²) in [6, 6.07) is 7.47. The highest BCUT2D eigenvalue weighted by atomic mass is 32.1. The lowest BCUT2D eigenvalue weighted by Crippen LogP contribution is -2.42. The molecule has 1 unspecified atom stereocenters. The highest BCUT2D eigenvalue weighted by molar-refractivity contribution is 7.13. The number of alkyl carbamates (subject to hydrolysis) is 1. The number of aromatic nitrogens is 1. The van der Waals surface area contributed by atoms with Gasteiger partial charge in [-0.3, -0.25) is 8.75 Å². The van der Waals surface area contributed by atoms with Gasteiger partial charge in [-0.2, -0.15) is 0 Å². The van der Waals surface area contributed by atoms with Gasteiger partial charge in [-0.1, -0.05) is 23.7 Å². The van der Waals surface area contributed by atoms with Gasteiger partial charge in [0.15, 0.2) is 0 Å². The van der Waals surface area contributed by atoms with E-state index in [2.05, 4.69) is 5.32 Å². The molecule has 0 aliphatic heterocycles. The number of amides is 1. The number of carbonyl (C=O) groups excluding carboxylic acids is 1. The quantitative estimate of drug-likeness (QED) is 0.948. The van der Waals surface area contributed by atoms with Crippen molar-refractivity contribution in [1.82, 2.24) is 9.27 Å². The van der Waals surface area contributed by atoms with Crippen molar-refractivity contribution >= 4 is 27.7 Å². The van der Waals surface area contributed by atoms with Crippen LogP contribution in [0.3, 0.4) is 0 Å². The zero-order valence-electron chi connectivity index (χ0n) is 12.7. The summed E-state index contributed by atoms with van der Waals surface area (Å²) in [5.41, 5.74) is -0.382. The molecule has 0 aliphatic carbocycles. The van der Waals surface area contributed by atoms with Crippen LogP contribution >= 0.6 is 11.5 Å². The van der Waals surface area contributed by atoms with Crippen LogP contribution in [0.15, 0.2) is 29.1 Å². The molecule has 2 aromatic rings.